The Bertz CT molecular complexity index is 774. The molecule has 2 rings (SSSR count). The van der Waals surface area contributed by atoms with Crippen LogP contribution in [0, 0.1) is 10.1 Å². The molecule has 0 aliphatic heterocycles. The Labute approximate surface area is 144 Å². The van der Waals surface area contributed by atoms with Crippen molar-refractivity contribution in [3.05, 3.63) is 64.2 Å². The van der Waals surface area contributed by atoms with Gasteiger partial charge < -0.3 is 15.4 Å². The SMILES string of the molecule is CCOc1ccc(NC(=O)CNC(=O)c2cccc([N+](=O)[O-])c2)cc1. The van der Waals surface area contributed by atoms with Gasteiger partial charge in [-0.15, -0.1) is 0 Å². The Kier molecular flexibility index (Phi) is 6.05. The number of carbonyl (C=O) groups is 2. The van der Waals surface area contributed by atoms with Crippen molar-refractivity contribution in [2.24, 2.45) is 0 Å². The molecule has 0 fully saturated rings. The normalized spacial score (nSPS) is 9.96. The Morgan fingerprint density at radius 1 is 1.16 bits per heavy atom. The number of nitrogens with one attached hydrogen (secondary N) is 2. The van der Waals surface area contributed by atoms with Crippen molar-refractivity contribution < 1.29 is 19.2 Å². The average Bonchev–Trinajstić information content (AvgIpc) is 2.61. The summed E-state index contributed by atoms with van der Waals surface area (Å²) >= 11 is 0. The molecule has 0 bridgehead atoms. The van der Waals surface area contributed by atoms with Gasteiger partial charge in [-0.25, -0.2) is 0 Å². The van der Waals surface area contributed by atoms with E-state index in [-0.39, 0.29) is 17.8 Å². The molecule has 0 aliphatic carbocycles. The summed E-state index contributed by atoms with van der Waals surface area (Å²) in [6.07, 6.45) is 0. The van der Waals surface area contributed by atoms with Gasteiger partial charge in [-0.3, -0.25) is 19.7 Å². The van der Waals surface area contributed by atoms with Crippen LogP contribution in [-0.4, -0.2) is 29.9 Å². The van der Waals surface area contributed by atoms with Crippen LogP contribution in [0.4, 0.5) is 11.4 Å². The molecule has 0 spiro atoms. The molecule has 0 heterocycles. The van der Waals surface area contributed by atoms with Gasteiger partial charge in [-0.1, -0.05) is 6.07 Å². The fraction of sp³-hybridized carbons (Fsp3) is 0.176. The number of non-ortho nitro benzene ring substituents is 1. The first-order chi connectivity index (χ1) is 12.0. The maximum atomic E-state index is 12.0. The molecular weight excluding hydrogens is 326 g/mol. The third-order valence-electron chi connectivity index (χ3n) is 3.18. The second-order valence-corrected chi connectivity index (χ2v) is 5.00. The van der Waals surface area contributed by atoms with Crippen LogP contribution in [0.25, 0.3) is 0 Å². The van der Waals surface area contributed by atoms with Crippen LogP contribution in [0.5, 0.6) is 5.75 Å². The van der Waals surface area contributed by atoms with Crippen molar-refractivity contribution >= 4 is 23.2 Å². The summed E-state index contributed by atoms with van der Waals surface area (Å²) in [5, 5.41) is 15.8. The van der Waals surface area contributed by atoms with E-state index in [4.69, 9.17) is 4.74 Å². The molecule has 0 saturated heterocycles. The molecule has 0 radical (unpaired) electrons. The standard InChI is InChI=1S/C17H17N3O5/c1-2-25-15-8-6-13(7-9-15)19-16(21)11-18-17(22)12-4-3-5-14(10-12)20(23)24/h3-10H,2,11H2,1H3,(H,18,22)(H,19,21). The lowest BCUT2D eigenvalue weighted by Gasteiger charge is -2.08. The molecule has 2 aromatic rings. The van der Waals surface area contributed by atoms with Crippen LogP contribution < -0.4 is 15.4 Å². The highest BCUT2D eigenvalue weighted by Crippen LogP contribution is 2.15. The van der Waals surface area contributed by atoms with E-state index in [0.717, 1.165) is 6.07 Å². The van der Waals surface area contributed by atoms with E-state index in [1.807, 2.05) is 6.92 Å². The number of carbonyl (C=O) groups excluding carboxylic acids is 2. The molecule has 8 nitrogen and oxygen atoms in total. The number of amides is 2. The monoisotopic (exact) mass is 343 g/mol. The lowest BCUT2D eigenvalue weighted by atomic mass is 10.2. The molecule has 0 unspecified atom stereocenters. The quantitative estimate of drug-likeness (QED) is 0.592. The van der Waals surface area contributed by atoms with E-state index < -0.39 is 16.7 Å². The molecule has 0 saturated carbocycles. The van der Waals surface area contributed by atoms with E-state index in [9.17, 15) is 19.7 Å². The molecule has 0 atom stereocenters. The van der Waals surface area contributed by atoms with Gasteiger partial charge in [0.1, 0.15) is 5.75 Å². The summed E-state index contributed by atoms with van der Waals surface area (Å²) < 4.78 is 5.30. The first kappa shape index (κ1) is 17.9. The minimum atomic E-state index is -0.588. The number of nitro groups is 1. The average molecular weight is 343 g/mol. The summed E-state index contributed by atoms with van der Waals surface area (Å²) in [5.74, 6) is -0.284. The lowest BCUT2D eigenvalue weighted by molar-refractivity contribution is -0.384. The highest BCUT2D eigenvalue weighted by molar-refractivity contribution is 5.99. The predicted molar refractivity (Wildman–Crippen MR) is 91.7 cm³/mol. The second-order valence-electron chi connectivity index (χ2n) is 5.00. The van der Waals surface area contributed by atoms with E-state index in [1.54, 1.807) is 24.3 Å². The van der Waals surface area contributed by atoms with Crippen molar-refractivity contribution in [2.75, 3.05) is 18.5 Å². The van der Waals surface area contributed by atoms with Gasteiger partial charge in [0.05, 0.1) is 18.1 Å². The summed E-state index contributed by atoms with van der Waals surface area (Å²) in [6.45, 7) is 2.17. The van der Waals surface area contributed by atoms with E-state index in [2.05, 4.69) is 10.6 Å². The zero-order valence-electron chi connectivity index (χ0n) is 13.5. The summed E-state index contributed by atoms with van der Waals surface area (Å²) in [5.41, 5.74) is 0.493. The largest absolute Gasteiger partial charge is 0.494 e. The zero-order valence-corrected chi connectivity index (χ0v) is 13.5. The zero-order chi connectivity index (χ0) is 18.2. The molecule has 25 heavy (non-hydrogen) atoms. The van der Waals surface area contributed by atoms with Crippen LogP contribution in [0.3, 0.4) is 0 Å². The first-order valence-corrected chi connectivity index (χ1v) is 7.55. The molecule has 2 aromatic carbocycles. The Balaban J connectivity index is 1.87. The highest BCUT2D eigenvalue weighted by atomic mass is 16.6. The highest BCUT2D eigenvalue weighted by Gasteiger charge is 2.12. The van der Waals surface area contributed by atoms with Gasteiger partial charge in [0.2, 0.25) is 5.91 Å². The lowest BCUT2D eigenvalue weighted by Crippen LogP contribution is -2.32. The van der Waals surface area contributed by atoms with E-state index in [0.29, 0.717) is 18.0 Å². The van der Waals surface area contributed by atoms with Crippen LogP contribution in [0.1, 0.15) is 17.3 Å². The van der Waals surface area contributed by atoms with Crippen molar-refractivity contribution in [3.63, 3.8) is 0 Å². The van der Waals surface area contributed by atoms with Gasteiger partial charge in [0, 0.05) is 23.4 Å². The van der Waals surface area contributed by atoms with Crippen molar-refractivity contribution in [3.8, 4) is 5.75 Å². The van der Waals surface area contributed by atoms with Crippen LogP contribution in [0.15, 0.2) is 48.5 Å². The second kappa shape index (κ2) is 8.44. The summed E-state index contributed by atoms with van der Waals surface area (Å²) in [7, 11) is 0. The minimum absolute atomic E-state index is 0.114. The van der Waals surface area contributed by atoms with Crippen molar-refractivity contribution in [1.29, 1.82) is 0 Å². The molecule has 0 aromatic heterocycles. The fourth-order valence-electron chi connectivity index (χ4n) is 2.03. The van der Waals surface area contributed by atoms with Crippen molar-refractivity contribution in [1.82, 2.24) is 5.32 Å². The smallest absolute Gasteiger partial charge is 0.270 e. The van der Waals surface area contributed by atoms with Gasteiger partial charge in [0.25, 0.3) is 11.6 Å². The third-order valence-corrected chi connectivity index (χ3v) is 3.18. The van der Waals surface area contributed by atoms with Crippen LogP contribution in [0.2, 0.25) is 0 Å². The molecule has 2 N–H and O–H groups in total. The Hall–Kier alpha value is -3.42. The molecular formula is C17H17N3O5. The minimum Gasteiger partial charge on any atom is -0.494 e. The van der Waals surface area contributed by atoms with Gasteiger partial charge in [0.15, 0.2) is 0 Å². The number of benzene rings is 2. The number of ether oxygens (including phenoxy) is 1. The number of nitro benzene ring substituents is 1. The fourth-order valence-corrected chi connectivity index (χ4v) is 2.03. The third kappa shape index (κ3) is 5.31. The number of hydrogen-bond donors (Lipinski definition) is 2. The topological polar surface area (TPSA) is 111 Å². The van der Waals surface area contributed by atoms with Crippen LogP contribution in [-0.2, 0) is 4.79 Å². The first-order valence-electron chi connectivity index (χ1n) is 7.55. The van der Waals surface area contributed by atoms with Gasteiger partial charge in [-0.05, 0) is 37.3 Å². The number of anilines is 1. The van der Waals surface area contributed by atoms with E-state index >= 15 is 0 Å². The summed E-state index contributed by atoms with van der Waals surface area (Å²) in [4.78, 5) is 34.0. The maximum Gasteiger partial charge on any atom is 0.270 e. The molecule has 130 valence electrons. The number of rotatable bonds is 7. The molecule has 2 amide bonds. The molecule has 8 heteroatoms. The van der Waals surface area contributed by atoms with Gasteiger partial charge in [-0.2, -0.15) is 0 Å². The maximum absolute atomic E-state index is 12.0. The van der Waals surface area contributed by atoms with Crippen LogP contribution >= 0.6 is 0 Å². The Morgan fingerprint density at radius 2 is 1.88 bits per heavy atom. The van der Waals surface area contributed by atoms with Gasteiger partial charge >= 0.3 is 0 Å². The Morgan fingerprint density at radius 3 is 2.52 bits per heavy atom. The number of nitrogens with zero attached hydrogens (tertiary/aromatic N) is 1. The van der Waals surface area contributed by atoms with E-state index in [1.165, 1.54) is 18.2 Å². The van der Waals surface area contributed by atoms with Crippen molar-refractivity contribution in [2.45, 2.75) is 6.92 Å². The summed E-state index contributed by atoms with van der Waals surface area (Å²) in [6, 6.07) is 12.1. The predicted octanol–water partition coefficient (Wildman–Crippen LogP) is 2.36. The number of hydrogen-bond acceptors (Lipinski definition) is 5. The molecule has 0 aliphatic rings.